The highest BCUT2D eigenvalue weighted by atomic mass is 32.2. The molecule has 0 bridgehead atoms. The number of halogens is 1. The van der Waals surface area contributed by atoms with Crippen molar-refractivity contribution >= 4 is 21.6 Å². The van der Waals surface area contributed by atoms with Gasteiger partial charge in [0.2, 0.25) is 0 Å². The van der Waals surface area contributed by atoms with Gasteiger partial charge in [0.15, 0.2) is 0 Å². The molecule has 0 atom stereocenters. The van der Waals surface area contributed by atoms with Gasteiger partial charge in [-0.25, -0.2) is 12.8 Å². The second-order valence-corrected chi connectivity index (χ2v) is 7.78. The molecule has 2 N–H and O–H groups in total. The van der Waals surface area contributed by atoms with Crippen molar-refractivity contribution in [1.82, 2.24) is 5.32 Å². The summed E-state index contributed by atoms with van der Waals surface area (Å²) in [5.74, 6) is -0.723. The van der Waals surface area contributed by atoms with E-state index in [2.05, 4.69) is 10.0 Å². The van der Waals surface area contributed by atoms with Gasteiger partial charge in [0.1, 0.15) is 5.82 Å². The van der Waals surface area contributed by atoms with E-state index < -0.39 is 15.8 Å². The zero-order valence-electron chi connectivity index (χ0n) is 13.5. The van der Waals surface area contributed by atoms with Crippen LogP contribution >= 0.6 is 0 Å². The molecule has 0 saturated heterocycles. The molecule has 0 aromatic heterocycles. The first kappa shape index (κ1) is 17.4. The van der Waals surface area contributed by atoms with Crippen LogP contribution in [-0.2, 0) is 10.0 Å². The fraction of sp³-hybridized carbons (Fsp3) is 0.278. The van der Waals surface area contributed by atoms with Crippen LogP contribution in [0.25, 0.3) is 0 Å². The molecule has 1 saturated carbocycles. The lowest BCUT2D eigenvalue weighted by molar-refractivity contribution is 0.0937. The van der Waals surface area contributed by atoms with Crippen LogP contribution in [0.4, 0.5) is 10.1 Å². The molecule has 5 nitrogen and oxygen atoms in total. The number of amides is 1. The molecular weight excluding hydrogens is 343 g/mol. The van der Waals surface area contributed by atoms with Crippen LogP contribution in [0.1, 0.15) is 36.0 Å². The van der Waals surface area contributed by atoms with Gasteiger partial charge in [0, 0.05) is 17.3 Å². The van der Waals surface area contributed by atoms with Gasteiger partial charge in [-0.2, -0.15) is 0 Å². The number of carbonyl (C=O) groups excluding carboxylic acids is 1. The highest BCUT2D eigenvalue weighted by Gasteiger charge is 2.20. The Morgan fingerprint density at radius 3 is 2.40 bits per heavy atom. The number of benzene rings is 2. The molecule has 3 rings (SSSR count). The SMILES string of the molecule is O=C(NC1CCCC1)c1cccc(S(=O)(=O)Nc2ccc(F)cc2)c1. The molecule has 0 spiro atoms. The highest BCUT2D eigenvalue weighted by Crippen LogP contribution is 2.20. The van der Waals surface area contributed by atoms with Gasteiger partial charge in [0.05, 0.1) is 4.90 Å². The Balaban J connectivity index is 1.77. The molecule has 1 fully saturated rings. The third-order valence-electron chi connectivity index (χ3n) is 4.19. The summed E-state index contributed by atoms with van der Waals surface area (Å²) in [6, 6.07) is 11.0. The summed E-state index contributed by atoms with van der Waals surface area (Å²) in [6.45, 7) is 0. The van der Waals surface area contributed by atoms with Gasteiger partial charge in [-0.1, -0.05) is 18.9 Å². The fourth-order valence-electron chi connectivity index (χ4n) is 2.88. The standard InChI is InChI=1S/C18H19FN2O3S/c19-14-8-10-16(11-9-14)21-25(23,24)17-7-3-4-13(12-17)18(22)20-15-5-1-2-6-15/h3-4,7-12,15,21H,1-2,5-6H2,(H,20,22). The molecule has 7 heteroatoms. The predicted molar refractivity (Wildman–Crippen MR) is 93.4 cm³/mol. The average molecular weight is 362 g/mol. The third-order valence-corrected chi connectivity index (χ3v) is 5.57. The van der Waals surface area contributed by atoms with Crippen LogP contribution in [0.3, 0.4) is 0 Å². The lowest BCUT2D eigenvalue weighted by Gasteiger charge is -2.13. The molecular formula is C18H19FN2O3S. The fourth-order valence-corrected chi connectivity index (χ4v) is 3.98. The van der Waals surface area contributed by atoms with E-state index in [-0.39, 0.29) is 22.5 Å². The zero-order chi connectivity index (χ0) is 17.9. The summed E-state index contributed by atoms with van der Waals surface area (Å²) in [4.78, 5) is 12.3. The van der Waals surface area contributed by atoms with Crippen LogP contribution in [0.2, 0.25) is 0 Å². The normalized spacial score (nSPS) is 15.1. The van der Waals surface area contributed by atoms with E-state index in [4.69, 9.17) is 0 Å². The number of anilines is 1. The molecule has 1 aliphatic rings. The van der Waals surface area contributed by atoms with Crippen molar-refractivity contribution in [2.75, 3.05) is 4.72 Å². The third kappa shape index (κ3) is 4.36. The lowest BCUT2D eigenvalue weighted by atomic mass is 10.2. The van der Waals surface area contributed by atoms with Crippen LogP contribution in [0, 0.1) is 5.82 Å². The minimum absolute atomic E-state index is 0.0177. The van der Waals surface area contributed by atoms with Gasteiger partial charge in [0.25, 0.3) is 15.9 Å². The van der Waals surface area contributed by atoms with Crippen LogP contribution < -0.4 is 10.0 Å². The van der Waals surface area contributed by atoms with Crippen molar-refractivity contribution in [3.05, 3.63) is 59.9 Å². The Labute approximate surface area is 146 Å². The van der Waals surface area contributed by atoms with E-state index >= 15 is 0 Å². The maximum Gasteiger partial charge on any atom is 0.261 e. The molecule has 0 heterocycles. The zero-order valence-corrected chi connectivity index (χ0v) is 14.4. The minimum Gasteiger partial charge on any atom is -0.349 e. The van der Waals surface area contributed by atoms with Gasteiger partial charge in [-0.05, 0) is 55.3 Å². The van der Waals surface area contributed by atoms with E-state index in [0.29, 0.717) is 5.56 Å². The molecule has 132 valence electrons. The summed E-state index contributed by atoms with van der Waals surface area (Å²) in [6.07, 6.45) is 4.10. The maximum absolute atomic E-state index is 12.9. The molecule has 0 radical (unpaired) electrons. The smallest absolute Gasteiger partial charge is 0.261 e. The van der Waals surface area contributed by atoms with Crippen molar-refractivity contribution in [3.8, 4) is 0 Å². The molecule has 2 aromatic rings. The Morgan fingerprint density at radius 2 is 1.72 bits per heavy atom. The molecule has 0 unspecified atom stereocenters. The quantitative estimate of drug-likeness (QED) is 0.857. The first-order valence-electron chi connectivity index (χ1n) is 8.13. The molecule has 1 amide bonds. The first-order valence-corrected chi connectivity index (χ1v) is 9.62. The minimum atomic E-state index is -3.86. The van der Waals surface area contributed by atoms with Gasteiger partial charge < -0.3 is 5.32 Å². The number of rotatable bonds is 5. The second kappa shape index (κ2) is 7.23. The molecule has 0 aliphatic heterocycles. The second-order valence-electron chi connectivity index (χ2n) is 6.10. The van der Waals surface area contributed by atoms with E-state index in [1.54, 1.807) is 6.07 Å². The van der Waals surface area contributed by atoms with Crippen LogP contribution in [-0.4, -0.2) is 20.4 Å². The van der Waals surface area contributed by atoms with Crippen molar-refractivity contribution in [2.45, 2.75) is 36.6 Å². The predicted octanol–water partition coefficient (Wildman–Crippen LogP) is 3.30. The maximum atomic E-state index is 12.9. The van der Waals surface area contributed by atoms with E-state index in [9.17, 15) is 17.6 Å². The lowest BCUT2D eigenvalue weighted by Crippen LogP contribution is -2.32. The van der Waals surface area contributed by atoms with Crippen molar-refractivity contribution < 1.29 is 17.6 Å². The summed E-state index contributed by atoms with van der Waals surface area (Å²) in [7, 11) is -3.86. The number of carbonyl (C=O) groups is 1. The number of hydrogen-bond donors (Lipinski definition) is 2. The van der Waals surface area contributed by atoms with Crippen molar-refractivity contribution in [3.63, 3.8) is 0 Å². The average Bonchev–Trinajstić information content (AvgIpc) is 3.10. The topological polar surface area (TPSA) is 75.3 Å². The highest BCUT2D eigenvalue weighted by molar-refractivity contribution is 7.92. The molecule has 25 heavy (non-hydrogen) atoms. The van der Waals surface area contributed by atoms with Crippen molar-refractivity contribution in [2.24, 2.45) is 0 Å². The van der Waals surface area contributed by atoms with Gasteiger partial charge in [-0.3, -0.25) is 9.52 Å². The monoisotopic (exact) mass is 362 g/mol. The Morgan fingerprint density at radius 1 is 1.04 bits per heavy atom. The molecule has 1 aliphatic carbocycles. The van der Waals surface area contributed by atoms with Gasteiger partial charge >= 0.3 is 0 Å². The van der Waals surface area contributed by atoms with Crippen molar-refractivity contribution in [1.29, 1.82) is 0 Å². The number of sulfonamides is 1. The van der Waals surface area contributed by atoms with Crippen LogP contribution in [0.5, 0.6) is 0 Å². The van der Waals surface area contributed by atoms with Gasteiger partial charge in [-0.15, -0.1) is 0 Å². The van der Waals surface area contributed by atoms with Crippen LogP contribution in [0.15, 0.2) is 53.4 Å². The molecule has 2 aromatic carbocycles. The number of hydrogen-bond acceptors (Lipinski definition) is 3. The first-order chi connectivity index (χ1) is 11.9. The van der Waals surface area contributed by atoms with E-state index in [1.165, 1.54) is 42.5 Å². The van der Waals surface area contributed by atoms with E-state index in [1.807, 2.05) is 0 Å². The Hall–Kier alpha value is -2.41. The summed E-state index contributed by atoms with van der Waals surface area (Å²) < 4.78 is 40.2. The summed E-state index contributed by atoms with van der Waals surface area (Å²) in [5, 5.41) is 2.93. The Bertz CT molecular complexity index is 860. The Kier molecular flexibility index (Phi) is 5.03. The van der Waals surface area contributed by atoms with E-state index in [0.717, 1.165) is 25.7 Å². The summed E-state index contributed by atoms with van der Waals surface area (Å²) >= 11 is 0. The summed E-state index contributed by atoms with van der Waals surface area (Å²) in [5.41, 5.74) is 0.552. The number of nitrogens with one attached hydrogen (secondary N) is 2. The largest absolute Gasteiger partial charge is 0.349 e.